The smallest absolute Gasteiger partial charge is 0.329 e. The highest BCUT2D eigenvalue weighted by Crippen LogP contribution is 2.07. The van der Waals surface area contributed by atoms with E-state index >= 15 is 0 Å². The van der Waals surface area contributed by atoms with Crippen LogP contribution in [0.3, 0.4) is 0 Å². The van der Waals surface area contributed by atoms with Gasteiger partial charge in [0.2, 0.25) is 0 Å². The summed E-state index contributed by atoms with van der Waals surface area (Å²) in [6.07, 6.45) is 3.10. The van der Waals surface area contributed by atoms with Crippen LogP contribution in [0, 0.1) is 0 Å². The number of benzene rings is 1. The first-order valence-corrected chi connectivity index (χ1v) is 8.02. The second-order valence-electron chi connectivity index (χ2n) is 5.39. The second-order valence-corrected chi connectivity index (χ2v) is 5.39. The number of hydrogen-bond acceptors (Lipinski definition) is 5. The molecule has 0 radical (unpaired) electrons. The van der Waals surface area contributed by atoms with Crippen LogP contribution in [0.5, 0.6) is 0 Å². The third-order valence-electron chi connectivity index (χ3n) is 3.41. The van der Waals surface area contributed by atoms with Crippen molar-refractivity contribution in [1.29, 1.82) is 0 Å². The molecular weight excluding hydrogens is 336 g/mol. The van der Waals surface area contributed by atoms with Gasteiger partial charge in [0.25, 0.3) is 11.8 Å². The van der Waals surface area contributed by atoms with Crippen LogP contribution in [0.25, 0.3) is 0 Å². The van der Waals surface area contributed by atoms with E-state index in [-0.39, 0.29) is 18.7 Å². The van der Waals surface area contributed by atoms with Crippen molar-refractivity contribution in [2.75, 3.05) is 13.2 Å². The van der Waals surface area contributed by atoms with E-state index in [1.165, 1.54) is 18.4 Å². The first-order valence-electron chi connectivity index (χ1n) is 8.02. The molecule has 1 aromatic heterocycles. The molecule has 7 heteroatoms. The van der Waals surface area contributed by atoms with Gasteiger partial charge in [0.1, 0.15) is 6.04 Å². The summed E-state index contributed by atoms with van der Waals surface area (Å²) < 4.78 is 10.1. The number of carbonyl (C=O) groups is 3. The number of ether oxygens (including phenoxy) is 1. The zero-order valence-corrected chi connectivity index (χ0v) is 14.1. The fraction of sp³-hybridized carbons (Fsp3) is 0.211. The van der Waals surface area contributed by atoms with Crippen molar-refractivity contribution in [3.05, 3.63) is 72.7 Å². The predicted molar refractivity (Wildman–Crippen MR) is 94.3 cm³/mol. The lowest BCUT2D eigenvalue weighted by atomic mass is 10.1. The van der Waals surface area contributed by atoms with E-state index in [1.54, 1.807) is 6.07 Å². The lowest BCUT2D eigenvalue weighted by Crippen LogP contribution is -2.44. The maximum atomic E-state index is 12.4. The number of rotatable bonds is 9. The summed E-state index contributed by atoms with van der Waals surface area (Å²) in [4.78, 5) is 36.1. The van der Waals surface area contributed by atoms with Gasteiger partial charge in [-0.2, -0.15) is 0 Å². The van der Waals surface area contributed by atoms with Crippen LogP contribution in [0.4, 0.5) is 0 Å². The molecule has 26 heavy (non-hydrogen) atoms. The third kappa shape index (κ3) is 5.94. The van der Waals surface area contributed by atoms with Gasteiger partial charge in [-0.3, -0.25) is 9.59 Å². The minimum absolute atomic E-state index is 0.0830. The number of carbonyl (C=O) groups excluding carboxylic acids is 3. The Balaban J connectivity index is 2.01. The van der Waals surface area contributed by atoms with Crippen LogP contribution in [0.1, 0.15) is 16.1 Å². The van der Waals surface area contributed by atoms with Crippen molar-refractivity contribution in [1.82, 2.24) is 10.6 Å². The largest absolute Gasteiger partial charge is 0.459 e. The van der Waals surface area contributed by atoms with E-state index in [9.17, 15) is 14.4 Å². The maximum absolute atomic E-state index is 12.4. The molecule has 2 aromatic rings. The quantitative estimate of drug-likeness (QED) is 0.524. The summed E-state index contributed by atoms with van der Waals surface area (Å²) in [5, 5.41) is 5.08. The monoisotopic (exact) mass is 356 g/mol. The molecule has 0 bridgehead atoms. The van der Waals surface area contributed by atoms with E-state index in [4.69, 9.17) is 9.15 Å². The summed E-state index contributed by atoms with van der Waals surface area (Å²) in [6.45, 7) is 3.32. The molecule has 7 nitrogen and oxygen atoms in total. The Morgan fingerprint density at radius 3 is 2.58 bits per heavy atom. The molecule has 1 aromatic carbocycles. The number of nitrogens with one attached hydrogen (secondary N) is 2. The molecule has 0 aliphatic carbocycles. The molecule has 0 aliphatic rings. The van der Waals surface area contributed by atoms with Crippen LogP contribution >= 0.6 is 0 Å². The van der Waals surface area contributed by atoms with Crippen LogP contribution in [0.15, 0.2) is 65.8 Å². The summed E-state index contributed by atoms with van der Waals surface area (Å²) in [5.74, 6) is -1.61. The van der Waals surface area contributed by atoms with Crippen molar-refractivity contribution in [3.8, 4) is 0 Å². The zero-order valence-electron chi connectivity index (χ0n) is 14.1. The minimum Gasteiger partial charge on any atom is -0.459 e. The molecular formula is C19H20N2O5. The summed E-state index contributed by atoms with van der Waals surface area (Å²) >= 11 is 0. The average Bonchev–Trinajstić information content (AvgIpc) is 3.19. The maximum Gasteiger partial charge on any atom is 0.329 e. The molecule has 2 rings (SSSR count). The minimum atomic E-state index is -0.956. The number of furan rings is 1. The fourth-order valence-corrected chi connectivity index (χ4v) is 2.15. The number of amides is 2. The summed E-state index contributed by atoms with van der Waals surface area (Å²) in [5.41, 5.74) is 0.838. The number of esters is 1. The van der Waals surface area contributed by atoms with Crippen molar-refractivity contribution in [2.45, 2.75) is 12.5 Å². The predicted octanol–water partition coefficient (Wildman–Crippen LogP) is 1.47. The Morgan fingerprint density at radius 1 is 1.15 bits per heavy atom. The second kappa shape index (κ2) is 9.83. The third-order valence-corrected chi connectivity index (χ3v) is 3.41. The first kappa shape index (κ1) is 19.0. The first-order chi connectivity index (χ1) is 12.6. The molecule has 1 atom stereocenters. The van der Waals surface area contributed by atoms with Gasteiger partial charge >= 0.3 is 5.97 Å². The average molecular weight is 356 g/mol. The molecule has 0 aliphatic heterocycles. The van der Waals surface area contributed by atoms with E-state index < -0.39 is 30.4 Å². The highest BCUT2D eigenvalue weighted by molar-refractivity contribution is 5.94. The highest BCUT2D eigenvalue weighted by atomic mass is 16.5. The standard InChI is InChI=1S/C19H20N2O5/c1-2-10-20-17(22)13-26-19(24)15(12-14-7-4-3-5-8-14)21-18(23)16-9-6-11-25-16/h2-9,11,15H,1,10,12-13H2,(H,20,22)(H,21,23)/t15-/m0/s1. The van der Waals surface area contributed by atoms with Crippen molar-refractivity contribution in [2.24, 2.45) is 0 Å². The van der Waals surface area contributed by atoms with Crippen molar-refractivity contribution < 1.29 is 23.5 Å². The molecule has 2 amide bonds. The van der Waals surface area contributed by atoms with Crippen LogP contribution < -0.4 is 10.6 Å². The molecule has 0 saturated heterocycles. The Bertz CT molecular complexity index is 741. The van der Waals surface area contributed by atoms with Gasteiger partial charge < -0.3 is 19.8 Å². The van der Waals surface area contributed by atoms with Gasteiger partial charge in [0.15, 0.2) is 12.4 Å². The Kier molecular flexibility index (Phi) is 7.17. The van der Waals surface area contributed by atoms with E-state index in [0.29, 0.717) is 0 Å². The number of hydrogen-bond donors (Lipinski definition) is 2. The Hall–Kier alpha value is -3.35. The van der Waals surface area contributed by atoms with Gasteiger partial charge in [-0.05, 0) is 17.7 Å². The van der Waals surface area contributed by atoms with Crippen molar-refractivity contribution in [3.63, 3.8) is 0 Å². The zero-order chi connectivity index (χ0) is 18.8. The van der Waals surface area contributed by atoms with Crippen LogP contribution in [-0.4, -0.2) is 37.0 Å². The summed E-state index contributed by atoms with van der Waals surface area (Å²) in [7, 11) is 0. The van der Waals surface area contributed by atoms with Gasteiger partial charge in [0.05, 0.1) is 6.26 Å². The van der Waals surface area contributed by atoms with E-state index in [2.05, 4.69) is 17.2 Å². The van der Waals surface area contributed by atoms with Crippen LogP contribution in [0.2, 0.25) is 0 Å². The summed E-state index contributed by atoms with van der Waals surface area (Å²) in [6, 6.07) is 11.3. The van der Waals surface area contributed by atoms with Gasteiger partial charge in [0, 0.05) is 13.0 Å². The molecule has 0 unspecified atom stereocenters. The fourth-order valence-electron chi connectivity index (χ4n) is 2.15. The molecule has 136 valence electrons. The lowest BCUT2D eigenvalue weighted by Gasteiger charge is -2.17. The Morgan fingerprint density at radius 2 is 1.92 bits per heavy atom. The van der Waals surface area contributed by atoms with E-state index in [0.717, 1.165) is 5.56 Å². The molecule has 0 spiro atoms. The normalized spacial score (nSPS) is 11.2. The molecule has 1 heterocycles. The highest BCUT2D eigenvalue weighted by Gasteiger charge is 2.25. The van der Waals surface area contributed by atoms with E-state index in [1.807, 2.05) is 30.3 Å². The van der Waals surface area contributed by atoms with Gasteiger partial charge in [-0.1, -0.05) is 36.4 Å². The molecule has 2 N–H and O–H groups in total. The van der Waals surface area contributed by atoms with Crippen molar-refractivity contribution >= 4 is 17.8 Å². The SMILES string of the molecule is C=CCNC(=O)COC(=O)[C@H](Cc1ccccc1)NC(=O)c1ccco1. The van der Waals surface area contributed by atoms with Gasteiger partial charge in [-0.25, -0.2) is 4.79 Å². The van der Waals surface area contributed by atoms with Crippen LogP contribution in [-0.2, 0) is 20.7 Å². The van der Waals surface area contributed by atoms with Gasteiger partial charge in [-0.15, -0.1) is 6.58 Å². The lowest BCUT2D eigenvalue weighted by molar-refractivity contribution is -0.150. The molecule has 0 fully saturated rings. The molecule has 0 saturated carbocycles. The Labute approximate surface area is 151 Å². The topological polar surface area (TPSA) is 97.6 Å².